The Labute approximate surface area is 125 Å². The lowest BCUT2D eigenvalue weighted by atomic mass is 9.75. The molecule has 4 heteroatoms. The van der Waals surface area contributed by atoms with E-state index in [9.17, 15) is 9.90 Å². The first-order valence-corrected chi connectivity index (χ1v) is 7.80. The smallest absolute Gasteiger partial charge is 0.227 e. The third-order valence-corrected chi connectivity index (χ3v) is 4.38. The van der Waals surface area contributed by atoms with E-state index in [2.05, 4.69) is 13.0 Å². The number of rotatable bonds is 4. The highest BCUT2D eigenvalue weighted by Crippen LogP contribution is 2.41. The highest BCUT2D eigenvalue weighted by Gasteiger charge is 2.44. The van der Waals surface area contributed by atoms with Gasteiger partial charge in [-0.1, -0.05) is 6.92 Å². The molecule has 0 bridgehead atoms. The standard InChI is InChI=1S/C17H23NO3/c1-3-8-21-14-5-6-15-12(9-14)4-7-16(19)18(15)13-10-17(2,20)11-13/h5-6,9,13,20H,3-4,7-8,10-11H2,1-2H3. The fraction of sp³-hybridized carbons (Fsp3) is 0.588. The summed E-state index contributed by atoms with van der Waals surface area (Å²) in [6.07, 6.45) is 3.62. The SMILES string of the molecule is CCCOc1ccc2c(c1)CCC(=O)N2C1CC(C)(O)C1. The molecule has 1 saturated carbocycles. The maximum atomic E-state index is 12.3. The normalized spacial score (nSPS) is 28.0. The summed E-state index contributed by atoms with van der Waals surface area (Å²) in [5.74, 6) is 1.05. The lowest BCUT2D eigenvalue weighted by molar-refractivity contribution is -0.121. The zero-order valence-electron chi connectivity index (χ0n) is 12.8. The largest absolute Gasteiger partial charge is 0.494 e. The number of aryl methyl sites for hydroxylation is 1. The molecule has 0 unspecified atom stereocenters. The van der Waals surface area contributed by atoms with E-state index >= 15 is 0 Å². The Morgan fingerprint density at radius 2 is 2.14 bits per heavy atom. The average Bonchev–Trinajstić information content (AvgIpc) is 2.42. The van der Waals surface area contributed by atoms with Crippen LogP contribution in [0, 0.1) is 0 Å². The first-order chi connectivity index (χ1) is 10.00. The summed E-state index contributed by atoms with van der Waals surface area (Å²) in [5, 5.41) is 9.93. The van der Waals surface area contributed by atoms with Gasteiger partial charge in [-0.05, 0) is 56.4 Å². The Morgan fingerprint density at radius 3 is 2.81 bits per heavy atom. The van der Waals surface area contributed by atoms with Crippen LogP contribution in [0.3, 0.4) is 0 Å². The van der Waals surface area contributed by atoms with Crippen LogP contribution in [0.1, 0.15) is 45.1 Å². The van der Waals surface area contributed by atoms with Gasteiger partial charge in [-0.15, -0.1) is 0 Å². The molecule has 114 valence electrons. The van der Waals surface area contributed by atoms with Gasteiger partial charge < -0.3 is 14.7 Å². The van der Waals surface area contributed by atoms with Crippen LogP contribution in [0.4, 0.5) is 5.69 Å². The highest BCUT2D eigenvalue weighted by atomic mass is 16.5. The molecule has 0 saturated heterocycles. The lowest BCUT2D eigenvalue weighted by Crippen LogP contribution is -2.56. The molecule has 1 aliphatic heterocycles. The fourth-order valence-electron chi connectivity index (χ4n) is 3.34. The molecular weight excluding hydrogens is 266 g/mol. The molecule has 1 aromatic carbocycles. The molecule has 1 heterocycles. The molecule has 3 rings (SSSR count). The molecule has 0 radical (unpaired) electrons. The number of ether oxygens (including phenoxy) is 1. The number of benzene rings is 1. The third-order valence-electron chi connectivity index (χ3n) is 4.38. The number of fused-ring (bicyclic) bond motifs is 1. The van der Waals surface area contributed by atoms with Crippen LogP contribution in [0.15, 0.2) is 18.2 Å². The molecule has 2 aliphatic rings. The zero-order valence-corrected chi connectivity index (χ0v) is 12.8. The second-order valence-corrected chi connectivity index (χ2v) is 6.46. The Kier molecular flexibility index (Phi) is 3.66. The summed E-state index contributed by atoms with van der Waals surface area (Å²) < 4.78 is 5.67. The van der Waals surface area contributed by atoms with Gasteiger partial charge in [-0.3, -0.25) is 4.79 Å². The summed E-state index contributed by atoms with van der Waals surface area (Å²) in [6.45, 7) is 4.63. The van der Waals surface area contributed by atoms with E-state index in [1.807, 2.05) is 24.0 Å². The van der Waals surface area contributed by atoms with Gasteiger partial charge >= 0.3 is 0 Å². The monoisotopic (exact) mass is 289 g/mol. The number of carbonyl (C=O) groups excluding carboxylic acids is 1. The Balaban J connectivity index is 1.83. The average molecular weight is 289 g/mol. The first-order valence-electron chi connectivity index (χ1n) is 7.80. The van der Waals surface area contributed by atoms with Crippen LogP contribution in [0.5, 0.6) is 5.75 Å². The molecule has 1 aromatic rings. The van der Waals surface area contributed by atoms with E-state index in [0.29, 0.717) is 25.9 Å². The topological polar surface area (TPSA) is 49.8 Å². The first kappa shape index (κ1) is 14.4. The van der Waals surface area contributed by atoms with Crippen LogP contribution in [-0.4, -0.2) is 29.3 Å². The molecule has 0 aromatic heterocycles. The number of carbonyl (C=O) groups is 1. The van der Waals surface area contributed by atoms with Crippen molar-refractivity contribution in [3.05, 3.63) is 23.8 Å². The van der Waals surface area contributed by atoms with Gasteiger partial charge in [-0.25, -0.2) is 0 Å². The number of anilines is 1. The number of aliphatic hydroxyl groups is 1. The minimum atomic E-state index is -0.618. The van der Waals surface area contributed by atoms with Crippen molar-refractivity contribution < 1.29 is 14.6 Å². The predicted molar refractivity (Wildman–Crippen MR) is 81.7 cm³/mol. The Morgan fingerprint density at radius 1 is 1.38 bits per heavy atom. The van der Waals surface area contributed by atoms with Gasteiger partial charge in [0.15, 0.2) is 0 Å². The number of nitrogens with zero attached hydrogens (tertiary/aromatic N) is 1. The van der Waals surface area contributed by atoms with E-state index in [4.69, 9.17) is 4.74 Å². The highest BCUT2D eigenvalue weighted by molar-refractivity contribution is 5.97. The molecule has 0 spiro atoms. The molecule has 0 atom stereocenters. The van der Waals surface area contributed by atoms with Crippen molar-refractivity contribution in [1.29, 1.82) is 0 Å². The van der Waals surface area contributed by atoms with Gasteiger partial charge in [-0.2, -0.15) is 0 Å². The lowest BCUT2D eigenvalue weighted by Gasteiger charge is -2.48. The Bertz CT molecular complexity index is 545. The number of amides is 1. The van der Waals surface area contributed by atoms with E-state index < -0.39 is 5.60 Å². The van der Waals surface area contributed by atoms with E-state index in [-0.39, 0.29) is 11.9 Å². The minimum absolute atomic E-state index is 0.133. The summed E-state index contributed by atoms with van der Waals surface area (Å²) in [7, 11) is 0. The number of hydrogen-bond acceptors (Lipinski definition) is 3. The van der Waals surface area contributed by atoms with Crippen LogP contribution in [0.2, 0.25) is 0 Å². The molecule has 21 heavy (non-hydrogen) atoms. The quantitative estimate of drug-likeness (QED) is 0.927. The summed E-state index contributed by atoms with van der Waals surface area (Å²) in [6, 6.07) is 6.12. The maximum absolute atomic E-state index is 12.3. The van der Waals surface area contributed by atoms with Crippen LogP contribution in [-0.2, 0) is 11.2 Å². The van der Waals surface area contributed by atoms with Crippen molar-refractivity contribution in [1.82, 2.24) is 0 Å². The van der Waals surface area contributed by atoms with Crippen molar-refractivity contribution in [2.75, 3.05) is 11.5 Å². The molecule has 4 nitrogen and oxygen atoms in total. The summed E-state index contributed by atoms with van der Waals surface area (Å²) in [4.78, 5) is 14.2. The van der Waals surface area contributed by atoms with Crippen molar-refractivity contribution in [3.8, 4) is 5.75 Å². The van der Waals surface area contributed by atoms with E-state index in [1.165, 1.54) is 5.56 Å². The maximum Gasteiger partial charge on any atom is 0.227 e. The predicted octanol–water partition coefficient (Wildman–Crippen LogP) is 2.67. The van der Waals surface area contributed by atoms with Gasteiger partial charge in [0.2, 0.25) is 5.91 Å². The summed E-state index contributed by atoms with van der Waals surface area (Å²) in [5.41, 5.74) is 1.55. The third kappa shape index (κ3) is 2.77. The number of hydrogen-bond donors (Lipinski definition) is 1. The van der Waals surface area contributed by atoms with Gasteiger partial charge in [0, 0.05) is 18.2 Å². The fourth-order valence-corrected chi connectivity index (χ4v) is 3.34. The van der Waals surface area contributed by atoms with Crippen molar-refractivity contribution >= 4 is 11.6 Å². The summed E-state index contributed by atoms with van der Waals surface area (Å²) >= 11 is 0. The minimum Gasteiger partial charge on any atom is -0.494 e. The van der Waals surface area contributed by atoms with Crippen LogP contribution in [0.25, 0.3) is 0 Å². The van der Waals surface area contributed by atoms with Crippen LogP contribution < -0.4 is 9.64 Å². The van der Waals surface area contributed by atoms with Crippen molar-refractivity contribution in [3.63, 3.8) is 0 Å². The zero-order chi connectivity index (χ0) is 15.0. The van der Waals surface area contributed by atoms with Crippen LogP contribution >= 0.6 is 0 Å². The van der Waals surface area contributed by atoms with Crippen molar-refractivity contribution in [2.45, 2.75) is 57.6 Å². The van der Waals surface area contributed by atoms with E-state index in [0.717, 1.165) is 24.3 Å². The second-order valence-electron chi connectivity index (χ2n) is 6.46. The van der Waals surface area contributed by atoms with E-state index in [1.54, 1.807) is 0 Å². The van der Waals surface area contributed by atoms with Gasteiger partial charge in [0.05, 0.1) is 12.2 Å². The second kappa shape index (κ2) is 5.34. The molecular formula is C17H23NO3. The molecule has 1 fully saturated rings. The molecule has 1 aliphatic carbocycles. The molecule has 1 amide bonds. The van der Waals surface area contributed by atoms with Gasteiger partial charge in [0.25, 0.3) is 0 Å². The Hall–Kier alpha value is -1.55. The van der Waals surface area contributed by atoms with Crippen molar-refractivity contribution in [2.24, 2.45) is 0 Å². The molecule has 1 N–H and O–H groups in total. The van der Waals surface area contributed by atoms with Gasteiger partial charge in [0.1, 0.15) is 5.75 Å².